The van der Waals surface area contributed by atoms with Crippen molar-refractivity contribution >= 4 is 15.9 Å². The zero-order valence-electron chi connectivity index (χ0n) is 15.8. The maximum absolute atomic E-state index is 12.3. The highest BCUT2D eigenvalue weighted by Gasteiger charge is 2.20. The minimum Gasteiger partial charge on any atom is -0.495 e. The Morgan fingerprint density at radius 2 is 1.78 bits per heavy atom. The molecule has 2 aromatic carbocycles. The Balaban J connectivity index is 2.03. The topological polar surface area (TPSA) is 93.7 Å². The number of para-hydroxylation sites is 1. The first-order chi connectivity index (χ1) is 12.8. The fourth-order valence-electron chi connectivity index (χ4n) is 2.58. The molecule has 0 saturated carbocycles. The predicted molar refractivity (Wildman–Crippen MR) is 103 cm³/mol. The van der Waals surface area contributed by atoms with Gasteiger partial charge in [0.2, 0.25) is 10.0 Å². The van der Waals surface area contributed by atoms with Gasteiger partial charge in [-0.25, -0.2) is 13.1 Å². The summed E-state index contributed by atoms with van der Waals surface area (Å²) in [5.74, 6) is 0.577. The SMILES string of the molecule is CNS(=O)(=O)c1cc(C(=O)NCCOc2c(C)cccc2C)ccc1OC. The van der Waals surface area contributed by atoms with Crippen LogP contribution in [0.25, 0.3) is 0 Å². The molecular weight excluding hydrogens is 368 g/mol. The van der Waals surface area contributed by atoms with Crippen LogP contribution in [0.15, 0.2) is 41.3 Å². The zero-order chi connectivity index (χ0) is 20.0. The maximum atomic E-state index is 12.3. The van der Waals surface area contributed by atoms with Crippen molar-refractivity contribution in [3.05, 3.63) is 53.1 Å². The van der Waals surface area contributed by atoms with Gasteiger partial charge in [0.05, 0.1) is 13.7 Å². The molecule has 0 radical (unpaired) electrons. The van der Waals surface area contributed by atoms with E-state index in [-0.39, 0.29) is 22.8 Å². The first kappa shape index (κ1) is 20.7. The molecule has 7 nitrogen and oxygen atoms in total. The molecule has 0 aromatic heterocycles. The third-order valence-corrected chi connectivity index (χ3v) is 5.46. The number of hydrogen-bond donors (Lipinski definition) is 2. The van der Waals surface area contributed by atoms with Crippen molar-refractivity contribution in [2.24, 2.45) is 0 Å². The second-order valence-corrected chi connectivity index (χ2v) is 7.75. The highest BCUT2D eigenvalue weighted by molar-refractivity contribution is 7.89. The van der Waals surface area contributed by atoms with Gasteiger partial charge in [0, 0.05) is 5.56 Å². The van der Waals surface area contributed by atoms with E-state index >= 15 is 0 Å². The Labute approximate surface area is 159 Å². The van der Waals surface area contributed by atoms with Gasteiger partial charge in [-0.15, -0.1) is 0 Å². The van der Waals surface area contributed by atoms with Gasteiger partial charge in [-0.3, -0.25) is 4.79 Å². The van der Waals surface area contributed by atoms with Crippen molar-refractivity contribution in [3.8, 4) is 11.5 Å². The third-order valence-electron chi connectivity index (χ3n) is 4.03. The summed E-state index contributed by atoms with van der Waals surface area (Å²) in [7, 11) is -1.08. The first-order valence-corrected chi connectivity index (χ1v) is 9.87. The summed E-state index contributed by atoms with van der Waals surface area (Å²) in [6.07, 6.45) is 0. The third kappa shape index (κ3) is 4.99. The Hall–Kier alpha value is -2.58. The number of rotatable bonds is 8. The molecule has 0 spiro atoms. The summed E-state index contributed by atoms with van der Waals surface area (Å²) >= 11 is 0. The van der Waals surface area contributed by atoms with Crippen LogP contribution in [0.1, 0.15) is 21.5 Å². The number of carbonyl (C=O) groups excluding carboxylic acids is 1. The van der Waals surface area contributed by atoms with Crippen LogP contribution in [-0.2, 0) is 10.0 Å². The molecule has 0 fully saturated rings. The van der Waals surface area contributed by atoms with Crippen LogP contribution in [0, 0.1) is 13.8 Å². The van der Waals surface area contributed by atoms with E-state index in [1.807, 2.05) is 32.0 Å². The molecule has 0 saturated heterocycles. The first-order valence-electron chi connectivity index (χ1n) is 8.39. The number of carbonyl (C=O) groups is 1. The Kier molecular flexibility index (Phi) is 6.81. The highest BCUT2D eigenvalue weighted by Crippen LogP contribution is 2.25. The molecule has 0 heterocycles. The van der Waals surface area contributed by atoms with E-state index in [1.54, 1.807) is 0 Å². The summed E-state index contributed by atoms with van der Waals surface area (Å²) in [4.78, 5) is 12.2. The summed E-state index contributed by atoms with van der Waals surface area (Å²) < 4.78 is 37.2. The molecule has 1 amide bonds. The van der Waals surface area contributed by atoms with E-state index in [0.29, 0.717) is 6.61 Å². The Morgan fingerprint density at radius 3 is 2.37 bits per heavy atom. The number of benzene rings is 2. The molecule has 2 aromatic rings. The van der Waals surface area contributed by atoms with Gasteiger partial charge in [0.25, 0.3) is 5.91 Å². The fourth-order valence-corrected chi connectivity index (χ4v) is 3.50. The summed E-state index contributed by atoms with van der Waals surface area (Å²) in [6, 6.07) is 10.1. The van der Waals surface area contributed by atoms with Gasteiger partial charge < -0.3 is 14.8 Å². The van der Waals surface area contributed by atoms with Crippen molar-refractivity contribution in [2.45, 2.75) is 18.7 Å². The molecule has 27 heavy (non-hydrogen) atoms. The number of hydrogen-bond acceptors (Lipinski definition) is 5. The summed E-state index contributed by atoms with van der Waals surface area (Å²) in [6.45, 7) is 4.51. The molecule has 8 heteroatoms. The minimum absolute atomic E-state index is 0.0908. The average molecular weight is 392 g/mol. The van der Waals surface area contributed by atoms with Gasteiger partial charge in [0.15, 0.2) is 0 Å². The molecule has 0 bridgehead atoms. The lowest BCUT2D eigenvalue weighted by atomic mass is 10.1. The standard InChI is InChI=1S/C19H24N2O5S/c1-13-6-5-7-14(2)18(13)26-11-10-21-19(22)15-8-9-16(25-4)17(12-15)27(23,24)20-3/h5-9,12,20H,10-11H2,1-4H3,(H,21,22). The molecule has 2 rings (SSSR count). The van der Waals surface area contributed by atoms with Crippen LogP contribution in [0.3, 0.4) is 0 Å². The molecular formula is C19H24N2O5S. The van der Waals surface area contributed by atoms with Crippen LogP contribution in [-0.4, -0.2) is 41.6 Å². The van der Waals surface area contributed by atoms with E-state index in [2.05, 4.69) is 10.0 Å². The van der Waals surface area contributed by atoms with E-state index in [9.17, 15) is 13.2 Å². The normalized spacial score (nSPS) is 11.1. The van der Waals surface area contributed by atoms with Crippen LogP contribution in [0.5, 0.6) is 11.5 Å². The van der Waals surface area contributed by atoms with Crippen LogP contribution in [0.2, 0.25) is 0 Å². The van der Waals surface area contributed by atoms with E-state index in [4.69, 9.17) is 9.47 Å². The lowest BCUT2D eigenvalue weighted by Gasteiger charge is -2.13. The van der Waals surface area contributed by atoms with Gasteiger partial charge >= 0.3 is 0 Å². The zero-order valence-corrected chi connectivity index (χ0v) is 16.6. The van der Waals surface area contributed by atoms with Gasteiger partial charge in [-0.05, 0) is 50.2 Å². The van der Waals surface area contributed by atoms with E-state index < -0.39 is 15.9 Å². The smallest absolute Gasteiger partial charge is 0.251 e. The Bertz CT molecular complexity index is 905. The largest absolute Gasteiger partial charge is 0.495 e. The van der Waals surface area contributed by atoms with Crippen LogP contribution in [0.4, 0.5) is 0 Å². The summed E-state index contributed by atoms with van der Waals surface area (Å²) in [5.41, 5.74) is 2.27. The number of methoxy groups -OCH3 is 1. The number of aryl methyl sites for hydroxylation is 2. The van der Waals surface area contributed by atoms with Crippen molar-refractivity contribution in [3.63, 3.8) is 0 Å². The van der Waals surface area contributed by atoms with Crippen molar-refractivity contribution in [1.29, 1.82) is 0 Å². The summed E-state index contributed by atoms with van der Waals surface area (Å²) in [5, 5.41) is 2.72. The van der Waals surface area contributed by atoms with Gasteiger partial charge in [-0.2, -0.15) is 0 Å². The number of nitrogens with one attached hydrogen (secondary N) is 2. The second kappa shape index (κ2) is 8.88. The molecule has 0 atom stereocenters. The van der Waals surface area contributed by atoms with Crippen molar-refractivity contribution in [2.75, 3.05) is 27.3 Å². The average Bonchev–Trinajstić information content (AvgIpc) is 2.66. The van der Waals surface area contributed by atoms with Crippen molar-refractivity contribution in [1.82, 2.24) is 10.0 Å². The lowest BCUT2D eigenvalue weighted by Crippen LogP contribution is -2.28. The van der Waals surface area contributed by atoms with Crippen molar-refractivity contribution < 1.29 is 22.7 Å². The molecule has 0 aliphatic heterocycles. The highest BCUT2D eigenvalue weighted by atomic mass is 32.2. The lowest BCUT2D eigenvalue weighted by molar-refractivity contribution is 0.0946. The number of amides is 1. The maximum Gasteiger partial charge on any atom is 0.251 e. The van der Waals surface area contributed by atoms with Crippen LogP contribution < -0.4 is 19.5 Å². The fraction of sp³-hybridized carbons (Fsp3) is 0.316. The quantitative estimate of drug-likeness (QED) is 0.671. The predicted octanol–water partition coefficient (Wildman–Crippen LogP) is 2.03. The molecule has 0 unspecified atom stereocenters. The minimum atomic E-state index is -3.75. The molecule has 0 aliphatic rings. The number of sulfonamides is 1. The Morgan fingerprint density at radius 1 is 1.11 bits per heavy atom. The molecule has 0 aliphatic carbocycles. The van der Waals surface area contributed by atoms with Crippen LogP contribution >= 0.6 is 0 Å². The van der Waals surface area contributed by atoms with E-state index in [0.717, 1.165) is 16.9 Å². The molecule has 146 valence electrons. The second-order valence-electron chi connectivity index (χ2n) is 5.90. The van der Waals surface area contributed by atoms with E-state index in [1.165, 1.54) is 32.4 Å². The molecule has 2 N–H and O–H groups in total. The monoisotopic (exact) mass is 392 g/mol. The van der Waals surface area contributed by atoms with Gasteiger partial charge in [0.1, 0.15) is 23.0 Å². The van der Waals surface area contributed by atoms with Gasteiger partial charge in [-0.1, -0.05) is 18.2 Å². The number of ether oxygens (including phenoxy) is 2.